The fourth-order valence-electron chi connectivity index (χ4n) is 2.16. The van der Waals surface area contributed by atoms with Crippen molar-refractivity contribution in [3.63, 3.8) is 0 Å². The van der Waals surface area contributed by atoms with E-state index in [0.717, 1.165) is 11.8 Å². The summed E-state index contributed by atoms with van der Waals surface area (Å²) in [6, 6.07) is 4.09. The molecular formula is C15H14N2O6S2. The lowest BCUT2D eigenvalue weighted by Gasteiger charge is -2.13. The number of amides is 1. The lowest BCUT2D eigenvalue weighted by atomic mass is 10.1. The highest BCUT2D eigenvalue weighted by atomic mass is 32.2. The van der Waals surface area contributed by atoms with Crippen molar-refractivity contribution in [3.05, 3.63) is 38.8 Å². The average Bonchev–Trinajstić information content (AvgIpc) is 2.82. The first-order valence-corrected chi connectivity index (χ1v) is 8.35. The van der Waals surface area contributed by atoms with Crippen LogP contribution in [-0.2, 0) is 9.59 Å². The normalized spacial score (nSPS) is 15.7. The summed E-state index contributed by atoms with van der Waals surface area (Å²) in [5, 5.41) is 19.5. The monoisotopic (exact) mass is 382 g/mol. The van der Waals surface area contributed by atoms with Gasteiger partial charge in [0, 0.05) is 24.6 Å². The molecule has 0 aromatic heterocycles. The molecule has 1 aliphatic rings. The number of hydrogen-bond acceptors (Lipinski definition) is 7. The zero-order chi connectivity index (χ0) is 18.6. The molecule has 1 fully saturated rings. The minimum atomic E-state index is -0.934. The summed E-state index contributed by atoms with van der Waals surface area (Å²) in [7, 11) is 1.38. The van der Waals surface area contributed by atoms with Crippen molar-refractivity contribution < 1.29 is 24.4 Å². The van der Waals surface area contributed by atoms with Crippen LogP contribution in [-0.4, -0.2) is 44.8 Å². The molecular weight excluding hydrogens is 368 g/mol. The SMILES string of the molecule is COc1cc([N+](=O)[O-])ccc1C=C1SC(=S)N(CCCC(=O)O)C1=O. The predicted octanol–water partition coefficient (Wildman–Crippen LogP) is 2.67. The number of benzene rings is 1. The summed E-state index contributed by atoms with van der Waals surface area (Å²) >= 11 is 6.26. The Balaban J connectivity index is 2.21. The number of thiocarbonyl (C=S) groups is 1. The van der Waals surface area contributed by atoms with Crippen LogP contribution in [0.25, 0.3) is 6.08 Å². The Bertz CT molecular complexity index is 777. The second-order valence-corrected chi connectivity index (χ2v) is 6.69. The van der Waals surface area contributed by atoms with Gasteiger partial charge in [-0.2, -0.15) is 0 Å². The Morgan fingerprint density at radius 1 is 1.52 bits per heavy atom. The minimum Gasteiger partial charge on any atom is -0.496 e. The molecule has 132 valence electrons. The minimum absolute atomic E-state index is 0.0493. The molecule has 1 saturated heterocycles. The van der Waals surface area contributed by atoms with Crippen LogP contribution >= 0.6 is 24.0 Å². The van der Waals surface area contributed by atoms with E-state index in [4.69, 9.17) is 22.1 Å². The van der Waals surface area contributed by atoms with Gasteiger partial charge in [0.25, 0.3) is 11.6 Å². The summed E-state index contributed by atoms with van der Waals surface area (Å²) < 4.78 is 5.49. The number of rotatable bonds is 7. The van der Waals surface area contributed by atoms with Crippen molar-refractivity contribution in [3.8, 4) is 5.75 Å². The van der Waals surface area contributed by atoms with Crippen LogP contribution in [0.3, 0.4) is 0 Å². The lowest BCUT2D eigenvalue weighted by molar-refractivity contribution is -0.384. The quantitative estimate of drug-likeness (QED) is 0.332. The van der Waals surface area contributed by atoms with Gasteiger partial charge in [0.05, 0.1) is 23.0 Å². The number of non-ortho nitro benzene ring substituents is 1. The first-order chi connectivity index (χ1) is 11.8. The molecule has 1 aromatic carbocycles. The molecule has 0 radical (unpaired) electrons. The van der Waals surface area contributed by atoms with Crippen molar-refractivity contribution in [1.29, 1.82) is 0 Å². The van der Waals surface area contributed by atoms with Gasteiger partial charge >= 0.3 is 5.97 Å². The van der Waals surface area contributed by atoms with Crippen LogP contribution in [0.1, 0.15) is 18.4 Å². The van der Waals surface area contributed by atoms with Crippen molar-refractivity contribution in [1.82, 2.24) is 4.90 Å². The van der Waals surface area contributed by atoms with Gasteiger partial charge < -0.3 is 9.84 Å². The Kier molecular flexibility index (Phi) is 6.10. The number of carboxylic acids is 1. The zero-order valence-electron chi connectivity index (χ0n) is 13.1. The molecule has 0 bridgehead atoms. The number of nitro benzene ring substituents is 1. The highest BCUT2D eigenvalue weighted by Crippen LogP contribution is 2.35. The van der Waals surface area contributed by atoms with E-state index in [2.05, 4.69) is 0 Å². The Labute approximate surface area is 152 Å². The number of methoxy groups -OCH3 is 1. The van der Waals surface area contributed by atoms with E-state index in [1.54, 1.807) is 6.08 Å². The molecule has 0 spiro atoms. The van der Waals surface area contributed by atoms with Crippen molar-refractivity contribution in [2.45, 2.75) is 12.8 Å². The summed E-state index contributed by atoms with van der Waals surface area (Å²) in [5.74, 6) is -0.984. The molecule has 1 aromatic rings. The third-order valence-corrected chi connectivity index (χ3v) is 4.74. The van der Waals surface area contributed by atoms with Gasteiger partial charge in [-0.15, -0.1) is 0 Å². The molecule has 1 amide bonds. The largest absolute Gasteiger partial charge is 0.496 e. The van der Waals surface area contributed by atoms with Gasteiger partial charge in [-0.1, -0.05) is 24.0 Å². The number of carboxylic acid groups (broad SMARTS) is 1. The van der Waals surface area contributed by atoms with Crippen LogP contribution in [0.2, 0.25) is 0 Å². The predicted molar refractivity (Wildman–Crippen MR) is 96.4 cm³/mol. The smallest absolute Gasteiger partial charge is 0.303 e. The number of carbonyl (C=O) groups excluding carboxylic acids is 1. The highest BCUT2D eigenvalue weighted by molar-refractivity contribution is 8.26. The van der Waals surface area contributed by atoms with E-state index in [-0.39, 0.29) is 30.3 Å². The summed E-state index contributed by atoms with van der Waals surface area (Å²) in [4.78, 5) is 35.0. The number of nitrogens with zero attached hydrogens (tertiary/aromatic N) is 2. The van der Waals surface area contributed by atoms with Crippen LogP contribution < -0.4 is 4.74 Å². The first kappa shape index (κ1) is 18.9. The molecule has 0 aliphatic carbocycles. The molecule has 1 heterocycles. The molecule has 0 atom stereocenters. The third kappa shape index (κ3) is 4.54. The second-order valence-electron chi connectivity index (χ2n) is 5.01. The Hall–Kier alpha value is -2.46. The van der Waals surface area contributed by atoms with Crippen molar-refractivity contribution >= 4 is 51.9 Å². The third-order valence-electron chi connectivity index (χ3n) is 3.36. The number of aliphatic carboxylic acids is 1. The Morgan fingerprint density at radius 3 is 2.84 bits per heavy atom. The number of ether oxygens (including phenoxy) is 1. The first-order valence-electron chi connectivity index (χ1n) is 7.13. The van der Waals surface area contributed by atoms with Gasteiger partial charge in [-0.3, -0.25) is 24.6 Å². The molecule has 10 heteroatoms. The van der Waals surface area contributed by atoms with Gasteiger partial charge in [0.15, 0.2) is 0 Å². The molecule has 1 aliphatic heterocycles. The summed E-state index contributed by atoms with van der Waals surface area (Å²) in [5.41, 5.74) is 0.398. The number of thioether (sulfide) groups is 1. The summed E-state index contributed by atoms with van der Waals surface area (Å²) in [6.07, 6.45) is 1.81. The maximum Gasteiger partial charge on any atom is 0.303 e. The van der Waals surface area contributed by atoms with E-state index in [0.29, 0.717) is 21.2 Å². The topological polar surface area (TPSA) is 110 Å². The van der Waals surface area contributed by atoms with Gasteiger partial charge in [0.1, 0.15) is 10.1 Å². The second kappa shape index (κ2) is 8.08. The van der Waals surface area contributed by atoms with E-state index >= 15 is 0 Å². The molecule has 25 heavy (non-hydrogen) atoms. The van der Waals surface area contributed by atoms with Crippen LogP contribution in [0.15, 0.2) is 23.1 Å². The van der Waals surface area contributed by atoms with Gasteiger partial charge in [-0.25, -0.2) is 0 Å². The van der Waals surface area contributed by atoms with Gasteiger partial charge in [-0.05, 0) is 18.6 Å². The van der Waals surface area contributed by atoms with E-state index in [9.17, 15) is 19.7 Å². The van der Waals surface area contributed by atoms with Crippen LogP contribution in [0.5, 0.6) is 5.75 Å². The fraction of sp³-hybridized carbons (Fsp3) is 0.267. The number of hydrogen-bond donors (Lipinski definition) is 1. The van der Waals surface area contributed by atoms with E-state index in [1.165, 1.54) is 30.2 Å². The van der Waals surface area contributed by atoms with E-state index in [1.807, 2.05) is 0 Å². The lowest BCUT2D eigenvalue weighted by Crippen LogP contribution is -2.29. The van der Waals surface area contributed by atoms with Crippen molar-refractivity contribution in [2.24, 2.45) is 0 Å². The maximum absolute atomic E-state index is 12.4. The van der Waals surface area contributed by atoms with Crippen LogP contribution in [0.4, 0.5) is 5.69 Å². The maximum atomic E-state index is 12.4. The molecule has 1 N–H and O–H groups in total. The Morgan fingerprint density at radius 2 is 2.24 bits per heavy atom. The average molecular weight is 382 g/mol. The zero-order valence-corrected chi connectivity index (χ0v) is 14.8. The standard InChI is InChI=1S/C15H14N2O6S2/c1-23-11-8-10(17(21)22)5-4-9(11)7-12-14(20)16(15(24)25-12)6-2-3-13(18)19/h4-5,7-8H,2-3,6H2,1H3,(H,18,19). The van der Waals surface area contributed by atoms with Gasteiger partial charge in [0.2, 0.25) is 0 Å². The number of nitro groups is 1. The fourth-order valence-corrected chi connectivity index (χ4v) is 3.45. The van der Waals surface area contributed by atoms with Crippen LogP contribution in [0, 0.1) is 10.1 Å². The van der Waals surface area contributed by atoms with Crippen molar-refractivity contribution in [2.75, 3.05) is 13.7 Å². The molecule has 8 nitrogen and oxygen atoms in total. The highest BCUT2D eigenvalue weighted by Gasteiger charge is 2.32. The molecule has 0 unspecified atom stereocenters. The summed E-state index contributed by atoms with van der Waals surface area (Å²) in [6.45, 7) is 0.228. The molecule has 2 rings (SSSR count). The molecule has 0 saturated carbocycles. The van der Waals surface area contributed by atoms with E-state index < -0.39 is 10.9 Å². The number of carbonyl (C=O) groups is 2.